The van der Waals surface area contributed by atoms with E-state index >= 15 is 0 Å². The molecule has 0 radical (unpaired) electrons. The Hall–Kier alpha value is -2.31. The first-order valence-corrected chi connectivity index (χ1v) is 6.61. The normalized spacial score (nSPS) is 17.6. The van der Waals surface area contributed by atoms with Crippen LogP contribution in [-0.2, 0) is 4.79 Å². The molecule has 1 aliphatic heterocycles. The summed E-state index contributed by atoms with van der Waals surface area (Å²) < 4.78 is 18.3. The molecular formula is C14H17FN2O4. The number of rotatable bonds is 4. The number of aliphatic carboxylic acids is 1. The van der Waals surface area contributed by atoms with Crippen molar-refractivity contribution < 1.29 is 23.8 Å². The van der Waals surface area contributed by atoms with Crippen molar-refractivity contribution in [3.05, 3.63) is 24.0 Å². The van der Waals surface area contributed by atoms with Gasteiger partial charge in [0.15, 0.2) is 11.6 Å². The highest BCUT2D eigenvalue weighted by Gasteiger charge is 2.27. The Morgan fingerprint density at radius 3 is 2.90 bits per heavy atom. The maximum Gasteiger partial charge on any atom is 0.321 e. The zero-order valence-corrected chi connectivity index (χ0v) is 11.6. The highest BCUT2D eigenvalue weighted by molar-refractivity contribution is 5.89. The molecule has 114 valence electrons. The quantitative estimate of drug-likeness (QED) is 0.892. The van der Waals surface area contributed by atoms with Crippen molar-refractivity contribution in [2.45, 2.75) is 12.8 Å². The van der Waals surface area contributed by atoms with E-state index in [0.29, 0.717) is 25.2 Å². The summed E-state index contributed by atoms with van der Waals surface area (Å²) >= 11 is 0. The number of carboxylic acids is 1. The van der Waals surface area contributed by atoms with Gasteiger partial charge in [0, 0.05) is 31.3 Å². The minimum Gasteiger partial charge on any atom is -0.494 e. The molecule has 1 saturated heterocycles. The Bertz CT molecular complexity index is 550. The minimum absolute atomic E-state index is 0.0270. The number of carbonyl (C=O) groups is 2. The van der Waals surface area contributed by atoms with Crippen LogP contribution >= 0.6 is 0 Å². The van der Waals surface area contributed by atoms with Crippen LogP contribution in [0.2, 0.25) is 0 Å². The fraction of sp³-hybridized carbons (Fsp3) is 0.429. The molecule has 2 N–H and O–H groups in total. The highest BCUT2D eigenvalue weighted by Crippen LogP contribution is 2.23. The third-order valence-electron chi connectivity index (χ3n) is 3.44. The maximum atomic E-state index is 13.5. The first-order chi connectivity index (χ1) is 9.99. The number of halogens is 1. The first-order valence-electron chi connectivity index (χ1n) is 6.61. The van der Waals surface area contributed by atoms with Gasteiger partial charge in [-0.2, -0.15) is 0 Å². The molecule has 0 aliphatic carbocycles. The fourth-order valence-electron chi connectivity index (χ4n) is 2.38. The molecule has 1 unspecified atom stereocenters. The monoisotopic (exact) mass is 296 g/mol. The highest BCUT2D eigenvalue weighted by atomic mass is 19.1. The predicted octanol–water partition coefficient (Wildman–Crippen LogP) is 2.16. The Morgan fingerprint density at radius 2 is 2.29 bits per heavy atom. The van der Waals surface area contributed by atoms with E-state index in [1.165, 1.54) is 24.1 Å². The molecule has 1 fully saturated rings. The number of hydrogen-bond donors (Lipinski definition) is 2. The van der Waals surface area contributed by atoms with Gasteiger partial charge in [0.25, 0.3) is 0 Å². The minimum atomic E-state index is -0.862. The first kappa shape index (κ1) is 15.1. The van der Waals surface area contributed by atoms with E-state index in [9.17, 15) is 14.0 Å². The lowest BCUT2D eigenvalue weighted by Gasteiger charge is -2.17. The standard InChI is InChI=1S/C14H17FN2O4/c1-21-12-3-2-10(7-11(12)15)16-14(20)17-5-4-9(8-17)6-13(18)19/h2-3,7,9H,4-6,8H2,1H3,(H,16,20)(H,18,19). The summed E-state index contributed by atoms with van der Waals surface area (Å²) in [5.41, 5.74) is 0.333. The van der Waals surface area contributed by atoms with Crippen molar-refractivity contribution in [2.24, 2.45) is 5.92 Å². The Labute approximate surface area is 121 Å². The molecule has 2 amide bonds. The van der Waals surface area contributed by atoms with Gasteiger partial charge in [-0.3, -0.25) is 4.79 Å². The molecule has 1 aromatic carbocycles. The molecule has 21 heavy (non-hydrogen) atoms. The molecule has 2 rings (SSSR count). The second-order valence-corrected chi connectivity index (χ2v) is 4.98. The molecule has 0 spiro atoms. The van der Waals surface area contributed by atoms with Crippen LogP contribution in [0.3, 0.4) is 0 Å². The van der Waals surface area contributed by atoms with Crippen molar-refractivity contribution in [3.63, 3.8) is 0 Å². The van der Waals surface area contributed by atoms with Crippen LogP contribution in [-0.4, -0.2) is 42.2 Å². The van der Waals surface area contributed by atoms with Crippen LogP contribution in [0.5, 0.6) is 5.75 Å². The third kappa shape index (κ3) is 3.84. The van der Waals surface area contributed by atoms with Crippen LogP contribution in [0.25, 0.3) is 0 Å². The summed E-state index contributed by atoms with van der Waals surface area (Å²) in [7, 11) is 1.36. The zero-order valence-electron chi connectivity index (χ0n) is 11.6. The SMILES string of the molecule is COc1ccc(NC(=O)N2CCC(CC(=O)O)C2)cc1F. The van der Waals surface area contributed by atoms with Crippen molar-refractivity contribution in [1.82, 2.24) is 4.90 Å². The van der Waals surface area contributed by atoms with Gasteiger partial charge in [0.1, 0.15) is 0 Å². The molecule has 1 aliphatic rings. The predicted molar refractivity (Wildman–Crippen MR) is 73.9 cm³/mol. The van der Waals surface area contributed by atoms with E-state index < -0.39 is 11.8 Å². The number of amides is 2. The zero-order chi connectivity index (χ0) is 15.4. The lowest BCUT2D eigenvalue weighted by molar-refractivity contribution is -0.138. The number of nitrogens with one attached hydrogen (secondary N) is 1. The van der Waals surface area contributed by atoms with Crippen LogP contribution in [0.1, 0.15) is 12.8 Å². The Kier molecular flexibility index (Phi) is 4.62. The van der Waals surface area contributed by atoms with Gasteiger partial charge in [-0.25, -0.2) is 9.18 Å². The molecule has 0 bridgehead atoms. The summed E-state index contributed by atoms with van der Waals surface area (Å²) in [6.45, 7) is 0.902. The van der Waals surface area contributed by atoms with Crippen LogP contribution < -0.4 is 10.1 Å². The molecule has 1 atom stereocenters. The number of nitrogens with zero attached hydrogens (tertiary/aromatic N) is 1. The van der Waals surface area contributed by atoms with Gasteiger partial charge < -0.3 is 20.1 Å². The number of carbonyl (C=O) groups excluding carboxylic acids is 1. The number of carboxylic acid groups (broad SMARTS) is 1. The van der Waals surface area contributed by atoms with E-state index in [0.717, 1.165) is 0 Å². The number of ether oxygens (including phenoxy) is 1. The number of urea groups is 1. The van der Waals surface area contributed by atoms with Gasteiger partial charge in [0.05, 0.1) is 7.11 Å². The van der Waals surface area contributed by atoms with E-state index in [4.69, 9.17) is 9.84 Å². The van der Waals surface area contributed by atoms with Gasteiger partial charge in [-0.15, -0.1) is 0 Å². The smallest absolute Gasteiger partial charge is 0.321 e. The van der Waals surface area contributed by atoms with E-state index in [-0.39, 0.29) is 24.1 Å². The van der Waals surface area contributed by atoms with Crippen molar-refractivity contribution in [1.29, 1.82) is 0 Å². The molecular weight excluding hydrogens is 279 g/mol. The lowest BCUT2D eigenvalue weighted by Crippen LogP contribution is -2.33. The molecule has 1 aromatic rings. The summed E-state index contributed by atoms with van der Waals surface area (Å²) in [6.07, 6.45) is 0.720. The number of hydrogen-bond acceptors (Lipinski definition) is 3. The lowest BCUT2D eigenvalue weighted by atomic mass is 10.1. The molecule has 7 heteroatoms. The number of benzene rings is 1. The largest absolute Gasteiger partial charge is 0.494 e. The molecule has 0 aromatic heterocycles. The Balaban J connectivity index is 1.93. The number of methoxy groups -OCH3 is 1. The van der Waals surface area contributed by atoms with Crippen LogP contribution in [0, 0.1) is 11.7 Å². The van der Waals surface area contributed by atoms with Crippen molar-refractivity contribution in [2.75, 3.05) is 25.5 Å². The number of likely N-dealkylation sites (tertiary alicyclic amines) is 1. The van der Waals surface area contributed by atoms with Gasteiger partial charge in [-0.1, -0.05) is 0 Å². The summed E-state index contributed by atoms with van der Waals surface area (Å²) in [5.74, 6) is -1.34. The van der Waals surface area contributed by atoms with Crippen LogP contribution in [0.4, 0.5) is 14.9 Å². The summed E-state index contributed by atoms with van der Waals surface area (Å²) in [4.78, 5) is 24.2. The Morgan fingerprint density at radius 1 is 1.52 bits per heavy atom. The second-order valence-electron chi connectivity index (χ2n) is 4.98. The maximum absolute atomic E-state index is 13.5. The average molecular weight is 296 g/mol. The van der Waals surface area contributed by atoms with E-state index in [1.807, 2.05) is 0 Å². The molecule has 0 saturated carbocycles. The number of anilines is 1. The second kappa shape index (κ2) is 6.43. The van der Waals surface area contributed by atoms with Crippen molar-refractivity contribution in [3.8, 4) is 5.75 Å². The summed E-state index contributed by atoms with van der Waals surface area (Å²) in [6, 6.07) is 3.81. The summed E-state index contributed by atoms with van der Waals surface area (Å²) in [5, 5.41) is 11.3. The van der Waals surface area contributed by atoms with E-state index in [2.05, 4.69) is 5.32 Å². The third-order valence-corrected chi connectivity index (χ3v) is 3.44. The van der Waals surface area contributed by atoms with Crippen molar-refractivity contribution >= 4 is 17.7 Å². The molecule has 6 nitrogen and oxygen atoms in total. The van der Waals surface area contributed by atoms with E-state index in [1.54, 1.807) is 6.07 Å². The average Bonchev–Trinajstić information content (AvgIpc) is 2.86. The topological polar surface area (TPSA) is 78.9 Å². The van der Waals surface area contributed by atoms with Gasteiger partial charge in [0.2, 0.25) is 0 Å². The van der Waals surface area contributed by atoms with Gasteiger partial charge in [-0.05, 0) is 24.5 Å². The van der Waals surface area contributed by atoms with Crippen LogP contribution in [0.15, 0.2) is 18.2 Å². The van der Waals surface area contributed by atoms with Gasteiger partial charge >= 0.3 is 12.0 Å². The molecule has 1 heterocycles. The fourth-order valence-corrected chi connectivity index (χ4v) is 2.38.